The highest BCUT2D eigenvalue weighted by Crippen LogP contribution is 2.38. The molecule has 5 nitrogen and oxygen atoms in total. The molecule has 2 unspecified atom stereocenters. The number of amides is 2. The van der Waals surface area contributed by atoms with Crippen molar-refractivity contribution >= 4 is 12.0 Å². The van der Waals surface area contributed by atoms with Crippen LogP contribution in [-0.4, -0.2) is 35.1 Å². The molecule has 1 saturated carbocycles. The van der Waals surface area contributed by atoms with Gasteiger partial charge in [0.2, 0.25) is 0 Å². The average Bonchev–Trinajstić information content (AvgIpc) is 2.90. The van der Waals surface area contributed by atoms with Gasteiger partial charge in [-0.25, -0.2) is 9.18 Å². The Morgan fingerprint density at radius 1 is 1.33 bits per heavy atom. The second-order valence-corrected chi connectivity index (χ2v) is 7.21. The van der Waals surface area contributed by atoms with Crippen molar-refractivity contribution in [2.75, 3.05) is 13.1 Å². The van der Waals surface area contributed by atoms with Crippen LogP contribution in [0.4, 0.5) is 9.18 Å². The summed E-state index contributed by atoms with van der Waals surface area (Å²) < 4.78 is 13.2. The zero-order valence-corrected chi connectivity index (χ0v) is 13.8. The van der Waals surface area contributed by atoms with Crippen LogP contribution in [0.3, 0.4) is 0 Å². The van der Waals surface area contributed by atoms with Gasteiger partial charge in [0.05, 0.1) is 11.5 Å². The Hall–Kier alpha value is -2.11. The second kappa shape index (κ2) is 6.42. The Morgan fingerprint density at radius 2 is 2.00 bits per heavy atom. The van der Waals surface area contributed by atoms with Crippen molar-refractivity contribution in [3.63, 3.8) is 0 Å². The molecule has 2 fully saturated rings. The van der Waals surface area contributed by atoms with Gasteiger partial charge in [0, 0.05) is 13.1 Å². The molecular weight excluding hydrogens is 311 g/mol. The third kappa shape index (κ3) is 3.23. The van der Waals surface area contributed by atoms with E-state index >= 15 is 0 Å². The first-order chi connectivity index (χ1) is 11.4. The minimum atomic E-state index is -0.876. The van der Waals surface area contributed by atoms with Crippen LogP contribution in [-0.2, 0) is 4.79 Å². The van der Waals surface area contributed by atoms with E-state index in [0.717, 1.165) is 24.8 Å². The standard InChI is InChI=1S/C18H23FN2O3/c1-18(16(22)23)9-10-21(11-18)17(24)20-15(12-3-2-4-12)13-5-7-14(19)8-6-13/h5-8,12,15H,2-4,9-11H2,1H3,(H,20,24)(H,22,23). The van der Waals surface area contributed by atoms with Crippen LogP contribution in [0, 0.1) is 17.2 Å². The van der Waals surface area contributed by atoms with Gasteiger partial charge in [-0.2, -0.15) is 0 Å². The number of halogens is 1. The summed E-state index contributed by atoms with van der Waals surface area (Å²) in [6, 6.07) is 5.85. The van der Waals surface area contributed by atoms with Crippen molar-refractivity contribution in [3.8, 4) is 0 Å². The molecule has 1 aliphatic heterocycles. The second-order valence-electron chi connectivity index (χ2n) is 7.21. The van der Waals surface area contributed by atoms with Gasteiger partial charge in [0.15, 0.2) is 0 Å². The molecule has 6 heteroatoms. The third-order valence-electron chi connectivity index (χ3n) is 5.41. The number of carbonyl (C=O) groups excluding carboxylic acids is 1. The molecule has 3 rings (SSSR count). The molecule has 2 aliphatic rings. The third-order valence-corrected chi connectivity index (χ3v) is 5.41. The van der Waals surface area contributed by atoms with Crippen molar-refractivity contribution in [2.45, 2.75) is 38.6 Å². The van der Waals surface area contributed by atoms with Gasteiger partial charge in [-0.3, -0.25) is 4.79 Å². The van der Waals surface area contributed by atoms with E-state index in [-0.39, 0.29) is 24.4 Å². The lowest BCUT2D eigenvalue weighted by Crippen LogP contribution is -2.45. The number of urea groups is 1. The predicted molar refractivity (Wildman–Crippen MR) is 86.9 cm³/mol. The number of nitrogens with zero attached hydrogens (tertiary/aromatic N) is 1. The number of hydrogen-bond donors (Lipinski definition) is 2. The highest BCUT2D eigenvalue weighted by atomic mass is 19.1. The Bertz CT molecular complexity index is 630. The van der Waals surface area contributed by atoms with Crippen LogP contribution >= 0.6 is 0 Å². The van der Waals surface area contributed by atoms with E-state index < -0.39 is 11.4 Å². The normalized spacial score (nSPS) is 25.2. The molecule has 0 radical (unpaired) electrons. The zero-order chi connectivity index (χ0) is 17.3. The van der Waals surface area contributed by atoms with Crippen molar-refractivity contribution in [1.29, 1.82) is 0 Å². The van der Waals surface area contributed by atoms with Crippen LogP contribution in [0.25, 0.3) is 0 Å². The fraction of sp³-hybridized carbons (Fsp3) is 0.556. The summed E-state index contributed by atoms with van der Waals surface area (Å²) in [6.45, 7) is 2.33. The monoisotopic (exact) mass is 334 g/mol. The summed E-state index contributed by atoms with van der Waals surface area (Å²) in [5.41, 5.74) is 0.0220. The lowest BCUT2D eigenvalue weighted by atomic mass is 9.77. The van der Waals surface area contributed by atoms with Gasteiger partial charge in [0.25, 0.3) is 0 Å². The molecular formula is C18H23FN2O3. The summed E-state index contributed by atoms with van der Waals surface area (Å²) in [5.74, 6) is -0.811. The Kier molecular flexibility index (Phi) is 4.47. The summed E-state index contributed by atoms with van der Waals surface area (Å²) in [7, 11) is 0. The van der Waals surface area contributed by atoms with E-state index in [9.17, 15) is 19.1 Å². The zero-order valence-electron chi connectivity index (χ0n) is 13.8. The molecule has 0 spiro atoms. The molecule has 2 atom stereocenters. The van der Waals surface area contributed by atoms with Gasteiger partial charge < -0.3 is 15.3 Å². The maximum Gasteiger partial charge on any atom is 0.317 e. The predicted octanol–water partition coefficient (Wildman–Crippen LogP) is 3.17. The summed E-state index contributed by atoms with van der Waals surface area (Å²) in [6.07, 6.45) is 3.67. The van der Waals surface area contributed by atoms with Crippen molar-refractivity contribution < 1.29 is 19.1 Å². The van der Waals surface area contributed by atoms with Crippen molar-refractivity contribution in [2.24, 2.45) is 11.3 Å². The smallest absolute Gasteiger partial charge is 0.317 e. The fourth-order valence-electron chi connectivity index (χ4n) is 3.45. The molecule has 1 aliphatic carbocycles. The van der Waals surface area contributed by atoms with Crippen LogP contribution in [0.2, 0.25) is 0 Å². The van der Waals surface area contributed by atoms with E-state index in [2.05, 4.69) is 5.32 Å². The van der Waals surface area contributed by atoms with E-state index in [1.165, 1.54) is 12.1 Å². The van der Waals surface area contributed by atoms with Gasteiger partial charge in [0.1, 0.15) is 5.82 Å². The Labute approximate surface area is 140 Å². The van der Waals surface area contributed by atoms with Crippen molar-refractivity contribution in [3.05, 3.63) is 35.6 Å². The quantitative estimate of drug-likeness (QED) is 0.888. The molecule has 0 aromatic heterocycles. The number of carboxylic acid groups (broad SMARTS) is 1. The maximum absolute atomic E-state index is 13.2. The molecule has 1 heterocycles. The lowest BCUT2D eigenvalue weighted by molar-refractivity contribution is -0.147. The molecule has 24 heavy (non-hydrogen) atoms. The van der Waals surface area contributed by atoms with Crippen LogP contribution < -0.4 is 5.32 Å². The highest BCUT2D eigenvalue weighted by Gasteiger charge is 2.43. The van der Waals surface area contributed by atoms with E-state index in [1.807, 2.05) is 0 Å². The van der Waals surface area contributed by atoms with Crippen molar-refractivity contribution in [1.82, 2.24) is 10.2 Å². The molecule has 130 valence electrons. The summed E-state index contributed by atoms with van der Waals surface area (Å²) in [5, 5.41) is 12.3. The van der Waals surface area contributed by atoms with Gasteiger partial charge in [-0.1, -0.05) is 18.6 Å². The number of carboxylic acids is 1. The topological polar surface area (TPSA) is 69.6 Å². The van der Waals surface area contributed by atoms with E-state index in [4.69, 9.17) is 0 Å². The Morgan fingerprint density at radius 3 is 2.50 bits per heavy atom. The average molecular weight is 334 g/mol. The lowest BCUT2D eigenvalue weighted by Gasteiger charge is -2.35. The minimum Gasteiger partial charge on any atom is -0.481 e. The number of aliphatic carboxylic acids is 1. The molecule has 1 saturated heterocycles. The first-order valence-corrected chi connectivity index (χ1v) is 8.43. The largest absolute Gasteiger partial charge is 0.481 e. The number of hydrogen-bond acceptors (Lipinski definition) is 2. The number of rotatable bonds is 4. The molecule has 1 aromatic rings. The summed E-state index contributed by atoms with van der Waals surface area (Å²) in [4.78, 5) is 25.5. The number of likely N-dealkylation sites (tertiary alicyclic amines) is 1. The SMILES string of the molecule is CC1(C(=O)O)CCN(C(=O)NC(c2ccc(F)cc2)C2CCC2)C1. The van der Waals surface area contributed by atoms with Gasteiger partial charge in [-0.05, 0) is 49.8 Å². The van der Waals surface area contributed by atoms with Crippen LogP contribution in [0.1, 0.15) is 44.2 Å². The van der Waals surface area contributed by atoms with Gasteiger partial charge >= 0.3 is 12.0 Å². The van der Waals surface area contributed by atoms with E-state index in [1.54, 1.807) is 24.0 Å². The minimum absolute atomic E-state index is 0.150. The maximum atomic E-state index is 13.2. The number of benzene rings is 1. The van der Waals surface area contributed by atoms with Crippen LogP contribution in [0.15, 0.2) is 24.3 Å². The van der Waals surface area contributed by atoms with Crippen LogP contribution in [0.5, 0.6) is 0 Å². The fourth-order valence-corrected chi connectivity index (χ4v) is 3.45. The molecule has 0 bridgehead atoms. The summed E-state index contributed by atoms with van der Waals surface area (Å²) >= 11 is 0. The molecule has 2 amide bonds. The first-order valence-electron chi connectivity index (χ1n) is 8.43. The molecule has 1 aromatic carbocycles. The molecule has 2 N–H and O–H groups in total. The first kappa shape index (κ1) is 16.7. The Balaban J connectivity index is 1.70. The number of carbonyl (C=O) groups is 2. The van der Waals surface area contributed by atoms with E-state index in [0.29, 0.717) is 18.9 Å². The number of nitrogens with one attached hydrogen (secondary N) is 1. The van der Waals surface area contributed by atoms with Gasteiger partial charge in [-0.15, -0.1) is 0 Å². The highest BCUT2D eigenvalue weighted by molar-refractivity contribution is 5.79.